The first-order chi connectivity index (χ1) is 5.33. The van der Waals surface area contributed by atoms with E-state index in [9.17, 15) is 0 Å². The molecule has 1 spiro atoms. The molecule has 11 heavy (non-hydrogen) atoms. The average Bonchev–Trinajstić information content (AvgIpc) is 2.46. The summed E-state index contributed by atoms with van der Waals surface area (Å²) in [6, 6.07) is 0. The normalized spacial score (nSPS) is 36.3. The summed E-state index contributed by atoms with van der Waals surface area (Å²) in [7, 11) is 0. The molecule has 1 aliphatic carbocycles. The van der Waals surface area contributed by atoms with Gasteiger partial charge in [0.25, 0.3) is 0 Å². The van der Waals surface area contributed by atoms with Crippen molar-refractivity contribution in [3.8, 4) is 0 Å². The molecular formula is C10H19N. The Labute approximate surface area is 69.6 Å². The smallest absolute Gasteiger partial charge is 0.00104 e. The van der Waals surface area contributed by atoms with E-state index in [1.807, 2.05) is 0 Å². The van der Waals surface area contributed by atoms with Crippen LogP contribution in [-0.2, 0) is 0 Å². The lowest BCUT2D eigenvalue weighted by Gasteiger charge is -2.40. The first-order valence-corrected chi connectivity index (χ1v) is 5.04. The van der Waals surface area contributed by atoms with E-state index in [4.69, 9.17) is 0 Å². The number of hydrogen-bond donors (Lipinski definition) is 1. The van der Waals surface area contributed by atoms with Crippen molar-refractivity contribution in [2.24, 2.45) is 11.3 Å². The van der Waals surface area contributed by atoms with E-state index in [0.717, 1.165) is 11.3 Å². The third kappa shape index (κ3) is 1.20. The highest BCUT2D eigenvalue weighted by molar-refractivity contribution is 4.93. The SMILES string of the molecule is C[C@@H]1CCNCC12CCCC2. The zero-order valence-corrected chi connectivity index (χ0v) is 7.53. The molecule has 0 unspecified atom stereocenters. The Morgan fingerprint density at radius 1 is 1.27 bits per heavy atom. The highest BCUT2D eigenvalue weighted by atomic mass is 14.9. The molecule has 0 radical (unpaired) electrons. The van der Waals surface area contributed by atoms with E-state index in [-0.39, 0.29) is 0 Å². The molecule has 1 heteroatoms. The predicted molar refractivity (Wildman–Crippen MR) is 47.6 cm³/mol. The molecule has 0 bridgehead atoms. The lowest BCUT2D eigenvalue weighted by atomic mass is 9.71. The van der Waals surface area contributed by atoms with Gasteiger partial charge in [0.2, 0.25) is 0 Å². The van der Waals surface area contributed by atoms with E-state index >= 15 is 0 Å². The van der Waals surface area contributed by atoms with Gasteiger partial charge in [-0.3, -0.25) is 0 Å². The maximum absolute atomic E-state index is 3.55. The Bertz CT molecular complexity index is 136. The Morgan fingerprint density at radius 3 is 2.64 bits per heavy atom. The first-order valence-electron chi connectivity index (χ1n) is 5.04. The minimum Gasteiger partial charge on any atom is -0.316 e. The molecule has 0 aromatic heterocycles. The largest absolute Gasteiger partial charge is 0.316 e. The second kappa shape index (κ2) is 2.78. The molecular weight excluding hydrogens is 134 g/mol. The number of nitrogens with one attached hydrogen (secondary N) is 1. The molecule has 0 aromatic rings. The summed E-state index contributed by atoms with van der Waals surface area (Å²) >= 11 is 0. The molecule has 64 valence electrons. The zero-order valence-electron chi connectivity index (χ0n) is 7.53. The van der Waals surface area contributed by atoms with E-state index in [2.05, 4.69) is 12.2 Å². The van der Waals surface area contributed by atoms with E-state index in [1.165, 1.54) is 45.2 Å². The molecule has 1 aliphatic heterocycles. The van der Waals surface area contributed by atoms with Crippen LogP contribution in [-0.4, -0.2) is 13.1 Å². The van der Waals surface area contributed by atoms with Crippen LogP contribution in [0.25, 0.3) is 0 Å². The highest BCUT2D eigenvalue weighted by Crippen LogP contribution is 2.46. The molecule has 1 N–H and O–H groups in total. The first kappa shape index (κ1) is 7.60. The van der Waals surface area contributed by atoms with Gasteiger partial charge < -0.3 is 5.32 Å². The third-order valence-electron chi connectivity index (χ3n) is 3.88. The Hall–Kier alpha value is -0.0400. The monoisotopic (exact) mass is 153 g/mol. The average molecular weight is 153 g/mol. The molecule has 2 aliphatic rings. The van der Waals surface area contributed by atoms with Crippen molar-refractivity contribution in [3.63, 3.8) is 0 Å². The van der Waals surface area contributed by atoms with Crippen molar-refractivity contribution in [2.45, 2.75) is 39.0 Å². The molecule has 1 heterocycles. The van der Waals surface area contributed by atoms with Gasteiger partial charge in [-0.2, -0.15) is 0 Å². The van der Waals surface area contributed by atoms with Crippen LogP contribution in [0.5, 0.6) is 0 Å². The quantitative estimate of drug-likeness (QED) is 0.562. The molecule has 1 atom stereocenters. The standard InChI is InChI=1S/C10H19N/c1-9-4-7-11-8-10(9)5-2-3-6-10/h9,11H,2-8H2,1H3/t9-/m1/s1. The van der Waals surface area contributed by atoms with Crippen molar-refractivity contribution < 1.29 is 0 Å². The lowest BCUT2D eigenvalue weighted by molar-refractivity contribution is 0.133. The minimum atomic E-state index is 0.720. The molecule has 1 nitrogen and oxygen atoms in total. The van der Waals surface area contributed by atoms with Crippen molar-refractivity contribution in [3.05, 3.63) is 0 Å². The minimum absolute atomic E-state index is 0.720. The van der Waals surface area contributed by atoms with Gasteiger partial charge >= 0.3 is 0 Å². The Balaban J connectivity index is 2.07. The van der Waals surface area contributed by atoms with Gasteiger partial charge in [-0.1, -0.05) is 19.8 Å². The number of rotatable bonds is 0. The second-order valence-corrected chi connectivity index (χ2v) is 4.44. The van der Waals surface area contributed by atoms with Gasteiger partial charge in [-0.05, 0) is 37.1 Å². The summed E-state index contributed by atoms with van der Waals surface area (Å²) in [6.45, 7) is 5.00. The molecule has 1 saturated heterocycles. The van der Waals surface area contributed by atoms with Crippen LogP contribution >= 0.6 is 0 Å². The van der Waals surface area contributed by atoms with Gasteiger partial charge in [-0.15, -0.1) is 0 Å². The Morgan fingerprint density at radius 2 is 2.00 bits per heavy atom. The van der Waals surface area contributed by atoms with Gasteiger partial charge in [0.05, 0.1) is 0 Å². The van der Waals surface area contributed by atoms with Crippen molar-refractivity contribution in [1.29, 1.82) is 0 Å². The summed E-state index contributed by atoms with van der Waals surface area (Å²) in [6.07, 6.45) is 7.33. The second-order valence-electron chi connectivity index (χ2n) is 4.44. The van der Waals surface area contributed by atoms with E-state index in [1.54, 1.807) is 0 Å². The van der Waals surface area contributed by atoms with Crippen LogP contribution in [0, 0.1) is 11.3 Å². The van der Waals surface area contributed by atoms with Crippen LogP contribution in [0.2, 0.25) is 0 Å². The molecule has 1 saturated carbocycles. The van der Waals surface area contributed by atoms with Crippen LogP contribution < -0.4 is 5.32 Å². The molecule has 0 amide bonds. The predicted octanol–water partition coefficient (Wildman–Crippen LogP) is 2.18. The van der Waals surface area contributed by atoms with Gasteiger partial charge in [-0.25, -0.2) is 0 Å². The maximum Gasteiger partial charge on any atom is 0.00104 e. The van der Waals surface area contributed by atoms with Crippen LogP contribution in [0.1, 0.15) is 39.0 Å². The summed E-state index contributed by atoms with van der Waals surface area (Å²) in [5, 5.41) is 3.55. The zero-order chi connectivity index (χ0) is 7.73. The molecule has 0 aromatic carbocycles. The number of piperidine rings is 1. The number of hydrogen-bond acceptors (Lipinski definition) is 1. The fourth-order valence-electron chi connectivity index (χ4n) is 2.89. The molecule has 2 rings (SSSR count). The van der Waals surface area contributed by atoms with Gasteiger partial charge in [0, 0.05) is 6.54 Å². The highest BCUT2D eigenvalue weighted by Gasteiger charge is 2.39. The van der Waals surface area contributed by atoms with Crippen molar-refractivity contribution >= 4 is 0 Å². The summed E-state index contributed by atoms with van der Waals surface area (Å²) in [4.78, 5) is 0. The summed E-state index contributed by atoms with van der Waals surface area (Å²) < 4.78 is 0. The van der Waals surface area contributed by atoms with E-state index < -0.39 is 0 Å². The van der Waals surface area contributed by atoms with Gasteiger partial charge in [0.1, 0.15) is 0 Å². The topological polar surface area (TPSA) is 12.0 Å². The van der Waals surface area contributed by atoms with Crippen LogP contribution in [0.15, 0.2) is 0 Å². The fraction of sp³-hybridized carbons (Fsp3) is 1.00. The van der Waals surface area contributed by atoms with Crippen LogP contribution in [0.4, 0.5) is 0 Å². The van der Waals surface area contributed by atoms with E-state index in [0.29, 0.717) is 0 Å². The Kier molecular flexibility index (Phi) is 1.92. The lowest BCUT2D eigenvalue weighted by Crippen LogP contribution is -2.43. The summed E-state index contributed by atoms with van der Waals surface area (Å²) in [5.41, 5.74) is 0.720. The van der Waals surface area contributed by atoms with Crippen molar-refractivity contribution in [2.75, 3.05) is 13.1 Å². The maximum atomic E-state index is 3.55. The van der Waals surface area contributed by atoms with Crippen molar-refractivity contribution in [1.82, 2.24) is 5.32 Å². The third-order valence-corrected chi connectivity index (χ3v) is 3.88. The van der Waals surface area contributed by atoms with Gasteiger partial charge in [0.15, 0.2) is 0 Å². The van der Waals surface area contributed by atoms with Crippen LogP contribution in [0.3, 0.4) is 0 Å². The fourth-order valence-corrected chi connectivity index (χ4v) is 2.89. The molecule has 2 fully saturated rings. The summed E-state index contributed by atoms with van der Waals surface area (Å²) in [5.74, 6) is 0.978.